The maximum Gasteiger partial charge on any atom is 0.271 e. The number of carbonyl (C=O) groups is 1. The van der Waals surface area contributed by atoms with Crippen LogP contribution in [0, 0.1) is 0 Å². The van der Waals surface area contributed by atoms with Gasteiger partial charge in [0.15, 0.2) is 0 Å². The molecule has 0 bridgehead atoms. The van der Waals surface area contributed by atoms with E-state index in [0.29, 0.717) is 17.4 Å². The smallest absolute Gasteiger partial charge is 0.271 e. The molecule has 0 spiro atoms. The van der Waals surface area contributed by atoms with E-state index in [0.717, 1.165) is 12.8 Å². The fraction of sp³-hybridized carbons (Fsp3) is 0.538. The van der Waals surface area contributed by atoms with Crippen LogP contribution in [0.5, 0.6) is 0 Å². The van der Waals surface area contributed by atoms with Crippen LogP contribution in [0.3, 0.4) is 0 Å². The van der Waals surface area contributed by atoms with Crippen LogP contribution in [0.2, 0.25) is 5.02 Å². The van der Waals surface area contributed by atoms with Gasteiger partial charge in [0.05, 0.1) is 17.7 Å². The van der Waals surface area contributed by atoms with Gasteiger partial charge in [-0.1, -0.05) is 24.9 Å². The summed E-state index contributed by atoms with van der Waals surface area (Å²) < 4.78 is 5.09. The quantitative estimate of drug-likeness (QED) is 0.807. The molecule has 19 heavy (non-hydrogen) atoms. The molecule has 1 amide bonds. The summed E-state index contributed by atoms with van der Waals surface area (Å²) in [6.07, 6.45) is 1.81. The number of ether oxygens (including phenoxy) is 1. The minimum absolute atomic E-state index is 0.0291. The van der Waals surface area contributed by atoms with Crippen LogP contribution in [-0.2, 0) is 4.74 Å². The Morgan fingerprint density at radius 3 is 2.84 bits per heavy atom. The van der Waals surface area contributed by atoms with Crippen LogP contribution in [0.1, 0.15) is 30.3 Å². The number of pyridine rings is 1. The SMILES string of the molecule is CCCC(COC)NC(=O)c1nc(NC)ccc1Cl. The van der Waals surface area contributed by atoms with Crippen molar-refractivity contribution in [2.24, 2.45) is 0 Å². The van der Waals surface area contributed by atoms with Crippen molar-refractivity contribution in [3.8, 4) is 0 Å². The Morgan fingerprint density at radius 1 is 1.53 bits per heavy atom. The van der Waals surface area contributed by atoms with Gasteiger partial charge in [0, 0.05) is 14.2 Å². The van der Waals surface area contributed by atoms with Gasteiger partial charge in [-0.2, -0.15) is 0 Å². The number of carbonyl (C=O) groups excluding carboxylic acids is 1. The molecule has 0 fully saturated rings. The van der Waals surface area contributed by atoms with E-state index in [2.05, 4.69) is 22.5 Å². The molecule has 1 unspecified atom stereocenters. The molecule has 1 atom stereocenters. The molecule has 6 heteroatoms. The minimum Gasteiger partial charge on any atom is -0.383 e. The summed E-state index contributed by atoms with van der Waals surface area (Å²) in [5, 5.41) is 6.10. The highest BCUT2D eigenvalue weighted by atomic mass is 35.5. The second-order valence-electron chi connectivity index (χ2n) is 4.19. The maximum atomic E-state index is 12.2. The Hall–Kier alpha value is -1.33. The Balaban J connectivity index is 2.81. The highest BCUT2D eigenvalue weighted by Gasteiger charge is 2.17. The van der Waals surface area contributed by atoms with Crippen LogP contribution in [0.15, 0.2) is 12.1 Å². The normalized spacial score (nSPS) is 12.0. The number of rotatable bonds is 7. The standard InChI is InChI=1S/C13H20ClN3O2/c1-4-5-9(8-19-3)16-13(18)12-10(14)6-7-11(15-2)17-12/h6-7,9H,4-5,8H2,1-3H3,(H,15,17)(H,16,18). The maximum absolute atomic E-state index is 12.2. The average Bonchev–Trinajstić information content (AvgIpc) is 2.39. The van der Waals surface area contributed by atoms with E-state index in [1.165, 1.54) is 0 Å². The predicted octanol–water partition coefficient (Wildman–Crippen LogP) is 2.32. The molecule has 0 aliphatic rings. The molecule has 0 saturated carbocycles. The number of nitrogens with zero attached hydrogens (tertiary/aromatic N) is 1. The van der Waals surface area contributed by atoms with Gasteiger partial charge in [0.25, 0.3) is 5.91 Å². The van der Waals surface area contributed by atoms with Gasteiger partial charge in [-0.15, -0.1) is 0 Å². The number of nitrogens with one attached hydrogen (secondary N) is 2. The zero-order valence-electron chi connectivity index (χ0n) is 11.5. The van der Waals surface area contributed by atoms with E-state index in [4.69, 9.17) is 16.3 Å². The van der Waals surface area contributed by atoms with Crippen LogP contribution in [-0.4, -0.2) is 37.7 Å². The molecule has 106 valence electrons. The molecule has 0 saturated heterocycles. The second kappa shape index (κ2) is 7.96. The van der Waals surface area contributed by atoms with Crippen LogP contribution in [0.25, 0.3) is 0 Å². The lowest BCUT2D eigenvalue weighted by molar-refractivity contribution is 0.0887. The van der Waals surface area contributed by atoms with Gasteiger partial charge in [-0.05, 0) is 18.6 Å². The van der Waals surface area contributed by atoms with Gasteiger partial charge in [0.2, 0.25) is 0 Å². The van der Waals surface area contributed by atoms with Crippen LogP contribution < -0.4 is 10.6 Å². The van der Waals surface area contributed by atoms with Crippen LogP contribution in [0.4, 0.5) is 5.82 Å². The van der Waals surface area contributed by atoms with E-state index in [-0.39, 0.29) is 17.6 Å². The van der Waals surface area contributed by atoms with E-state index in [1.807, 2.05) is 0 Å². The summed E-state index contributed by atoms with van der Waals surface area (Å²) in [5.74, 6) is 0.325. The summed E-state index contributed by atoms with van der Waals surface area (Å²) in [5.41, 5.74) is 0.228. The number of methoxy groups -OCH3 is 1. The summed E-state index contributed by atoms with van der Waals surface area (Å²) in [7, 11) is 3.35. The summed E-state index contributed by atoms with van der Waals surface area (Å²) >= 11 is 6.00. The number of amides is 1. The Kier molecular flexibility index (Phi) is 6.59. The highest BCUT2D eigenvalue weighted by Crippen LogP contribution is 2.16. The first-order valence-electron chi connectivity index (χ1n) is 6.26. The lowest BCUT2D eigenvalue weighted by atomic mass is 10.1. The van der Waals surface area contributed by atoms with Crippen molar-refractivity contribution in [2.45, 2.75) is 25.8 Å². The topological polar surface area (TPSA) is 63.2 Å². The third-order valence-corrected chi connectivity index (χ3v) is 2.96. The molecule has 5 nitrogen and oxygen atoms in total. The first kappa shape index (κ1) is 15.7. The van der Waals surface area contributed by atoms with Crippen molar-refractivity contribution in [1.29, 1.82) is 0 Å². The lowest BCUT2D eigenvalue weighted by Crippen LogP contribution is -2.38. The van der Waals surface area contributed by atoms with Gasteiger partial charge in [-0.25, -0.2) is 4.98 Å². The van der Waals surface area contributed by atoms with Gasteiger partial charge in [0.1, 0.15) is 11.5 Å². The summed E-state index contributed by atoms with van der Waals surface area (Å²) in [6.45, 7) is 2.53. The number of aromatic nitrogens is 1. The van der Waals surface area contributed by atoms with E-state index in [1.54, 1.807) is 26.3 Å². The fourth-order valence-corrected chi connectivity index (χ4v) is 1.93. The van der Waals surface area contributed by atoms with Crippen molar-refractivity contribution in [1.82, 2.24) is 10.3 Å². The third-order valence-electron chi connectivity index (χ3n) is 2.66. The second-order valence-corrected chi connectivity index (χ2v) is 4.60. The molecule has 0 radical (unpaired) electrons. The zero-order chi connectivity index (χ0) is 14.3. The largest absolute Gasteiger partial charge is 0.383 e. The molecule has 1 aromatic heterocycles. The zero-order valence-corrected chi connectivity index (χ0v) is 12.3. The Labute approximate surface area is 118 Å². The molecule has 0 aliphatic carbocycles. The summed E-state index contributed by atoms with van der Waals surface area (Å²) in [4.78, 5) is 16.3. The molecule has 2 N–H and O–H groups in total. The third kappa shape index (κ3) is 4.69. The molecular formula is C13H20ClN3O2. The summed E-state index contributed by atoms with van der Waals surface area (Å²) in [6, 6.07) is 3.34. The predicted molar refractivity (Wildman–Crippen MR) is 76.8 cm³/mol. The van der Waals surface area contributed by atoms with Crippen molar-refractivity contribution < 1.29 is 9.53 Å². The lowest BCUT2D eigenvalue weighted by Gasteiger charge is -2.17. The molecule has 0 aromatic carbocycles. The van der Waals surface area contributed by atoms with Crippen molar-refractivity contribution in [3.63, 3.8) is 0 Å². The van der Waals surface area contributed by atoms with Crippen LogP contribution >= 0.6 is 11.6 Å². The van der Waals surface area contributed by atoms with Gasteiger partial charge >= 0.3 is 0 Å². The number of hydrogen-bond acceptors (Lipinski definition) is 4. The minimum atomic E-state index is -0.280. The molecule has 0 aliphatic heterocycles. The van der Waals surface area contributed by atoms with Gasteiger partial charge < -0.3 is 15.4 Å². The first-order chi connectivity index (χ1) is 9.12. The van der Waals surface area contributed by atoms with Crippen molar-refractivity contribution in [3.05, 3.63) is 22.8 Å². The number of anilines is 1. The Morgan fingerprint density at radius 2 is 2.26 bits per heavy atom. The molecule has 1 aromatic rings. The van der Waals surface area contributed by atoms with Crippen molar-refractivity contribution in [2.75, 3.05) is 26.1 Å². The number of hydrogen-bond donors (Lipinski definition) is 2. The highest BCUT2D eigenvalue weighted by molar-refractivity contribution is 6.33. The van der Waals surface area contributed by atoms with E-state index < -0.39 is 0 Å². The Bertz CT molecular complexity index is 420. The molecule has 1 heterocycles. The van der Waals surface area contributed by atoms with E-state index >= 15 is 0 Å². The van der Waals surface area contributed by atoms with Gasteiger partial charge in [-0.3, -0.25) is 4.79 Å². The molecule has 1 rings (SSSR count). The van der Waals surface area contributed by atoms with E-state index in [9.17, 15) is 4.79 Å². The average molecular weight is 286 g/mol. The van der Waals surface area contributed by atoms with Crippen molar-refractivity contribution >= 4 is 23.3 Å². The number of halogens is 1. The first-order valence-corrected chi connectivity index (χ1v) is 6.64. The molecular weight excluding hydrogens is 266 g/mol. The monoisotopic (exact) mass is 285 g/mol. The fourth-order valence-electron chi connectivity index (χ4n) is 1.74.